The van der Waals surface area contributed by atoms with Crippen LogP contribution in [-0.4, -0.2) is 37.8 Å². The van der Waals surface area contributed by atoms with Crippen molar-refractivity contribution in [1.82, 2.24) is 9.29 Å². The minimum absolute atomic E-state index is 0.129. The molecule has 18 heavy (non-hydrogen) atoms. The first kappa shape index (κ1) is 13.3. The van der Waals surface area contributed by atoms with Crippen LogP contribution in [0.4, 0.5) is 5.69 Å². The Bertz CT molecular complexity index is 516. The van der Waals surface area contributed by atoms with E-state index in [4.69, 9.17) is 0 Å². The van der Waals surface area contributed by atoms with Crippen LogP contribution < -0.4 is 5.32 Å². The summed E-state index contributed by atoms with van der Waals surface area (Å²) in [5, 5.41) is 3.01. The second kappa shape index (κ2) is 5.24. The maximum atomic E-state index is 12.5. The summed E-state index contributed by atoms with van der Waals surface area (Å²) < 4.78 is 26.5. The lowest BCUT2D eigenvalue weighted by Gasteiger charge is -2.17. The highest BCUT2D eigenvalue weighted by Gasteiger charge is 2.33. The highest BCUT2D eigenvalue weighted by molar-refractivity contribution is 7.89. The standard InChI is InChI=1S/C12H19N3O2S/c1-3-10-6-8-15(9-10)18(16,17)12-11(13-2)5-4-7-14-12/h4-5,7,10,13H,3,6,8-9H2,1-2H3. The zero-order valence-corrected chi connectivity index (χ0v) is 11.6. The van der Waals surface area contributed by atoms with Crippen LogP contribution in [-0.2, 0) is 10.0 Å². The quantitative estimate of drug-likeness (QED) is 0.900. The zero-order valence-electron chi connectivity index (χ0n) is 10.8. The molecule has 1 unspecified atom stereocenters. The Balaban J connectivity index is 2.31. The molecule has 1 fully saturated rings. The third-order valence-corrected chi connectivity index (χ3v) is 5.28. The number of sulfonamides is 1. The first-order valence-electron chi connectivity index (χ1n) is 6.22. The van der Waals surface area contributed by atoms with Crippen molar-refractivity contribution in [1.29, 1.82) is 0 Å². The van der Waals surface area contributed by atoms with E-state index in [-0.39, 0.29) is 5.03 Å². The Labute approximate surface area is 108 Å². The fourth-order valence-electron chi connectivity index (χ4n) is 2.26. The smallest absolute Gasteiger partial charge is 0.262 e. The minimum Gasteiger partial charge on any atom is -0.386 e. The summed E-state index contributed by atoms with van der Waals surface area (Å²) in [4.78, 5) is 4.02. The number of pyridine rings is 1. The summed E-state index contributed by atoms with van der Waals surface area (Å²) in [7, 11) is -1.76. The summed E-state index contributed by atoms with van der Waals surface area (Å²) >= 11 is 0. The number of hydrogen-bond donors (Lipinski definition) is 1. The Morgan fingerprint density at radius 1 is 1.56 bits per heavy atom. The highest BCUT2D eigenvalue weighted by Crippen LogP contribution is 2.28. The molecule has 0 radical (unpaired) electrons. The Morgan fingerprint density at radius 2 is 2.33 bits per heavy atom. The van der Waals surface area contributed by atoms with Gasteiger partial charge in [0, 0.05) is 26.3 Å². The highest BCUT2D eigenvalue weighted by atomic mass is 32.2. The zero-order chi connectivity index (χ0) is 13.2. The lowest BCUT2D eigenvalue weighted by Crippen LogP contribution is -2.30. The van der Waals surface area contributed by atoms with Crippen molar-refractivity contribution in [2.24, 2.45) is 5.92 Å². The molecule has 0 spiro atoms. The van der Waals surface area contributed by atoms with Crippen molar-refractivity contribution in [3.8, 4) is 0 Å². The van der Waals surface area contributed by atoms with Crippen LogP contribution >= 0.6 is 0 Å². The van der Waals surface area contributed by atoms with Crippen molar-refractivity contribution >= 4 is 15.7 Å². The van der Waals surface area contributed by atoms with E-state index in [0.29, 0.717) is 24.7 Å². The van der Waals surface area contributed by atoms with Crippen LogP contribution in [0.2, 0.25) is 0 Å². The van der Waals surface area contributed by atoms with Gasteiger partial charge in [0.2, 0.25) is 0 Å². The summed E-state index contributed by atoms with van der Waals surface area (Å²) in [6.45, 7) is 3.31. The van der Waals surface area contributed by atoms with Gasteiger partial charge in [-0.05, 0) is 24.5 Å². The van der Waals surface area contributed by atoms with Crippen LogP contribution in [0.1, 0.15) is 19.8 Å². The number of nitrogens with zero attached hydrogens (tertiary/aromatic N) is 2. The second-order valence-corrected chi connectivity index (χ2v) is 6.39. The van der Waals surface area contributed by atoms with Crippen LogP contribution in [0.25, 0.3) is 0 Å². The maximum absolute atomic E-state index is 12.5. The molecule has 1 aliphatic rings. The Kier molecular flexibility index (Phi) is 3.87. The molecular weight excluding hydrogens is 250 g/mol. The van der Waals surface area contributed by atoms with Crippen molar-refractivity contribution in [3.63, 3.8) is 0 Å². The molecule has 1 N–H and O–H groups in total. The first-order valence-corrected chi connectivity index (χ1v) is 7.66. The minimum atomic E-state index is -3.46. The van der Waals surface area contributed by atoms with E-state index < -0.39 is 10.0 Å². The molecule has 1 aromatic rings. The fraction of sp³-hybridized carbons (Fsp3) is 0.583. The molecule has 6 heteroatoms. The average molecular weight is 269 g/mol. The normalized spacial score (nSPS) is 21.1. The number of nitrogens with one attached hydrogen (secondary N) is 1. The van der Waals surface area contributed by atoms with Gasteiger partial charge in [0.05, 0.1) is 5.69 Å². The molecule has 2 heterocycles. The molecule has 100 valence electrons. The van der Waals surface area contributed by atoms with E-state index in [1.165, 1.54) is 6.20 Å². The SMILES string of the molecule is CCC1CCN(S(=O)(=O)c2ncccc2NC)C1. The van der Waals surface area contributed by atoms with Gasteiger partial charge < -0.3 is 5.32 Å². The van der Waals surface area contributed by atoms with Crippen LogP contribution in [0.15, 0.2) is 23.4 Å². The van der Waals surface area contributed by atoms with Crippen molar-refractivity contribution < 1.29 is 8.42 Å². The number of hydrogen-bond acceptors (Lipinski definition) is 4. The van der Waals surface area contributed by atoms with E-state index in [0.717, 1.165) is 12.8 Å². The Morgan fingerprint density at radius 3 is 2.94 bits per heavy atom. The molecule has 0 aliphatic carbocycles. The van der Waals surface area contributed by atoms with Gasteiger partial charge >= 0.3 is 0 Å². The van der Waals surface area contributed by atoms with Crippen molar-refractivity contribution in [2.75, 3.05) is 25.5 Å². The molecule has 0 bridgehead atoms. The summed E-state index contributed by atoms with van der Waals surface area (Å²) in [6, 6.07) is 3.46. The molecule has 0 aromatic carbocycles. The molecule has 1 aromatic heterocycles. The van der Waals surface area contributed by atoms with Gasteiger partial charge in [-0.3, -0.25) is 0 Å². The van der Waals surface area contributed by atoms with Gasteiger partial charge in [-0.2, -0.15) is 4.31 Å². The van der Waals surface area contributed by atoms with Crippen LogP contribution in [0.3, 0.4) is 0 Å². The van der Waals surface area contributed by atoms with Crippen LogP contribution in [0.5, 0.6) is 0 Å². The monoisotopic (exact) mass is 269 g/mol. The number of anilines is 1. The van der Waals surface area contributed by atoms with E-state index in [2.05, 4.69) is 17.2 Å². The van der Waals surface area contributed by atoms with Gasteiger partial charge in [0.25, 0.3) is 10.0 Å². The molecule has 1 saturated heterocycles. The molecule has 1 atom stereocenters. The molecule has 0 amide bonds. The second-order valence-electron chi connectivity index (χ2n) is 4.53. The predicted octanol–water partition coefficient (Wildman–Crippen LogP) is 1.54. The Hall–Kier alpha value is -1.14. The third kappa shape index (κ3) is 2.35. The van der Waals surface area contributed by atoms with Gasteiger partial charge in [-0.15, -0.1) is 0 Å². The molecule has 2 rings (SSSR count). The van der Waals surface area contributed by atoms with E-state index in [1.807, 2.05) is 0 Å². The van der Waals surface area contributed by atoms with Crippen molar-refractivity contribution in [2.45, 2.75) is 24.8 Å². The largest absolute Gasteiger partial charge is 0.386 e. The predicted molar refractivity (Wildman–Crippen MR) is 70.9 cm³/mol. The summed E-state index contributed by atoms with van der Waals surface area (Å²) in [6.07, 6.45) is 3.48. The van der Waals surface area contributed by atoms with Crippen molar-refractivity contribution in [3.05, 3.63) is 18.3 Å². The van der Waals surface area contributed by atoms with E-state index >= 15 is 0 Å². The maximum Gasteiger partial charge on any atom is 0.262 e. The lowest BCUT2D eigenvalue weighted by atomic mass is 10.1. The number of aromatic nitrogens is 1. The lowest BCUT2D eigenvalue weighted by molar-refractivity contribution is 0.451. The summed E-state index contributed by atoms with van der Waals surface area (Å²) in [5.41, 5.74) is 0.553. The van der Waals surface area contributed by atoms with Gasteiger partial charge in [-0.25, -0.2) is 13.4 Å². The fourth-order valence-corrected chi connectivity index (χ4v) is 3.90. The first-order chi connectivity index (χ1) is 8.59. The molecular formula is C12H19N3O2S. The van der Waals surface area contributed by atoms with E-state index in [9.17, 15) is 8.42 Å². The number of rotatable bonds is 4. The molecule has 5 nitrogen and oxygen atoms in total. The van der Waals surface area contributed by atoms with Gasteiger partial charge in [0.1, 0.15) is 0 Å². The summed E-state index contributed by atoms with van der Waals surface area (Å²) in [5.74, 6) is 0.474. The molecule has 1 aliphatic heterocycles. The van der Waals surface area contributed by atoms with Crippen LogP contribution in [0, 0.1) is 5.92 Å². The third-order valence-electron chi connectivity index (χ3n) is 3.45. The topological polar surface area (TPSA) is 62.3 Å². The molecule has 0 saturated carbocycles. The average Bonchev–Trinajstić information content (AvgIpc) is 2.88. The van der Waals surface area contributed by atoms with E-state index in [1.54, 1.807) is 23.5 Å². The van der Waals surface area contributed by atoms with Gasteiger partial charge in [-0.1, -0.05) is 13.3 Å². The van der Waals surface area contributed by atoms with Gasteiger partial charge in [0.15, 0.2) is 5.03 Å².